The normalized spacial score (nSPS) is 18.0. The number of aromatic nitrogens is 2. The molecule has 0 bridgehead atoms. The van der Waals surface area contributed by atoms with Gasteiger partial charge in [-0.1, -0.05) is 36.4 Å². The van der Waals surface area contributed by atoms with E-state index in [0.29, 0.717) is 45.1 Å². The molecule has 2 aliphatic rings. The predicted octanol–water partition coefficient (Wildman–Crippen LogP) is 3.35. The highest BCUT2D eigenvalue weighted by Crippen LogP contribution is 2.30. The molecular formula is C27H32N4O3. The number of fused-ring (bicyclic) bond motifs is 2. The quantitative estimate of drug-likeness (QED) is 0.548. The van der Waals surface area contributed by atoms with Crippen molar-refractivity contribution in [3.8, 4) is 5.75 Å². The summed E-state index contributed by atoms with van der Waals surface area (Å²) in [5.41, 5.74) is 4.00. The highest BCUT2D eigenvalue weighted by atomic mass is 16.5. The van der Waals surface area contributed by atoms with Crippen LogP contribution in [0.25, 0.3) is 10.8 Å². The molecule has 1 atom stereocenters. The molecule has 3 aromatic rings. The Kier molecular flexibility index (Phi) is 6.65. The summed E-state index contributed by atoms with van der Waals surface area (Å²) in [4.78, 5) is 15.2. The number of carbonyl (C=O) groups excluding carboxylic acids is 1. The number of methoxy groups -OCH3 is 1. The van der Waals surface area contributed by atoms with Crippen LogP contribution in [0.2, 0.25) is 0 Å². The van der Waals surface area contributed by atoms with Crippen LogP contribution in [0, 0.1) is 0 Å². The van der Waals surface area contributed by atoms with Crippen molar-refractivity contribution in [1.82, 2.24) is 20.0 Å². The zero-order valence-electron chi connectivity index (χ0n) is 19.8. The predicted molar refractivity (Wildman–Crippen MR) is 132 cm³/mol. The van der Waals surface area contributed by atoms with Crippen molar-refractivity contribution < 1.29 is 14.3 Å². The maximum absolute atomic E-state index is 13.3. The average molecular weight is 461 g/mol. The minimum Gasteiger partial charge on any atom is -0.496 e. The Morgan fingerprint density at radius 2 is 2.09 bits per heavy atom. The van der Waals surface area contributed by atoms with Crippen LogP contribution in [-0.4, -0.2) is 60.0 Å². The van der Waals surface area contributed by atoms with E-state index in [1.54, 1.807) is 7.11 Å². The second kappa shape index (κ2) is 9.99. The number of nitrogens with zero attached hydrogens (tertiary/aromatic N) is 3. The number of hydrogen-bond acceptors (Lipinski definition) is 5. The molecule has 1 fully saturated rings. The standard InChI is InChI=1S/C27H32N4O3/c1-3-12-31-24-10-9-20(17-22(24)26(29-31)27(32)30-13-15-34-16-14-30)28-18-23-21-7-5-4-6-19(21)8-11-25(23)33-2/h3-8,11,20,28H,1,9-10,12-18H2,2H3/t20-/m1/s1. The Morgan fingerprint density at radius 3 is 2.88 bits per heavy atom. The highest BCUT2D eigenvalue weighted by Gasteiger charge is 2.31. The first-order valence-electron chi connectivity index (χ1n) is 12.0. The smallest absolute Gasteiger partial charge is 0.274 e. The lowest BCUT2D eigenvalue weighted by molar-refractivity contribution is 0.0297. The number of amides is 1. The Labute approximate surface area is 200 Å². The van der Waals surface area contributed by atoms with Crippen LogP contribution in [0.5, 0.6) is 5.75 Å². The van der Waals surface area contributed by atoms with E-state index in [0.717, 1.165) is 36.3 Å². The molecular weight excluding hydrogens is 428 g/mol. The van der Waals surface area contributed by atoms with Crippen molar-refractivity contribution in [1.29, 1.82) is 0 Å². The zero-order valence-corrected chi connectivity index (χ0v) is 19.8. The summed E-state index contributed by atoms with van der Waals surface area (Å²) < 4.78 is 13.1. The number of nitrogens with one attached hydrogen (secondary N) is 1. The fraction of sp³-hybridized carbons (Fsp3) is 0.407. The van der Waals surface area contributed by atoms with Gasteiger partial charge in [-0.25, -0.2) is 0 Å². The van der Waals surface area contributed by atoms with Gasteiger partial charge in [-0.2, -0.15) is 5.10 Å². The molecule has 2 heterocycles. The summed E-state index contributed by atoms with van der Waals surface area (Å²) in [5.74, 6) is 0.906. The van der Waals surface area contributed by atoms with E-state index in [2.05, 4.69) is 42.2 Å². The van der Waals surface area contributed by atoms with Crippen LogP contribution < -0.4 is 10.1 Å². The van der Waals surface area contributed by atoms with Gasteiger partial charge in [0.05, 0.1) is 26.9 Å². The summed E-state index contributed by atoms with van der Waals surface area (Å²) in [6, 6.07) is 12.8. The van der Waals surface area contributed by atoms with Gasteiger partial charge in [0.1, 0.15) is 5.75 Å². The monoisotopic (exact) mass is 460 g/mol. The maximum Gasteiger partial charge on any atom is 0.274 e. The van der Waals surface area contributed by atoms with Crippen LogP contribution in [-0.2, 0) is 30.7 Å². The summed E-state index contributed by atoms with van der Waals surface area (Å²) >= 11 is 0. The summed E-state index contributed by atoms with van der Waals surface area (Å²) in [5, 5.41) is 10.9. The number of rotatable bonds is 7. The lowest BCUT2D eigenvalue weighted by Crippen LogP contribution is -2.41. The van der Waals surface area contributed by atoms with Crippen molar-refractivity contribution in [2.45, 2.75) is 38.4 Å². The average Bonchev–Trinajstić information content (AvgIpc) is 3.25. The number of ether oxygens (including phenoxy) is 2. The molecule has 1 aliphatic heterocycles. The van der Waals surface area contributed by atoms with Crippen molar-refractivity contribution in [3.05, 3.63) is 71.6 Å². The molecule has 0 radical (unpaired) electrons. The lowest BCUT2D eigenvalue weighted by Gasteiger charge is -2.28. The van der Waals surface area contributed by atoms with Crippen molar-refractivity contribution in [2.24, 2.45) is 0 Å². The number of benzene rings is 2. The van der Waals surface area contributed by atoms with Crippen LogP contribution in [0.4, 0.5) is 0 Å². The van der Waals surface area contributed by atoms with E-state index in [9.17, 15) is 4.79 Å². The first-order chi connectivity index (χ1) is 16.7. The molecule has 1 amide bonds. The van der Waals surface area contributed by atoms with Crippen LogP contribution in [0.3, 0.4) is 0 Å². The van der Waals surface area contributed by atoms with E-state index in [1.807, 2.05) is 21.7 Å². The largest absolute Gasteiger partial charge is 0.496 e. The molecule has 1 aromatic heterocycles. The minimum atomic E-state index is 0.0127. The molecule has 0 spiro atoms. The van der Waals surface area contributed by atoms with Gasteiger partial charge in [0.25, 0.3) is 5.91 Å². The van der Waals surface area contributed by atoms with E-state index in [-0.39, 0.29) is 11.9 Å². The molecule has 5 rings (SSSR count). The lowest BCUT2D eigenvalue weighted by atomic mass is 9.90. The molecule has 1 aliphatic carbocycles. The zero-order chi connectivity index (χ0) is 23.5. The molecule has 1 N–H and O–H groups in total. The second-order valence-electron chi connectivity index (χ2n) is 8.94. The van der Waals surface area contributed by atoms with Crippen molar-refractivity contribution >= 4 is 16.7 Å². The van der Waals surface area contributed by atoms with Gasteiger partial charge >= 0.3 is 0 Å². The molecule has 0 unspecified atom stereocenters. The topological polar surface area (TPSA) is 68.6 Å². The third-order valence-electron chi connectivity index (χ3n) is 6.93. The van der Waals surface area contributed by atoms with Gasteiger partial charge < -0.3 is 19.7 Å². The Bertz CT molecular complexity index is 1200. The molecule has 0 saturated carbocycles. The van der Waals surface area contributed by atoms with E-state index in [4.69, 9.17) is 14.6 Å². The van der Waals surface area contributed by atoms with E-state index >= 15 is 0 Å². The summed E-state index contributed by atoms with van der Waals surface area (Å²) in [7, 11) is 1.72. The molecule has 1 saturated heterocycles. The van der Waals surface area contributed by atoms with Crippen LogP contribution in [0.1, 0.15) is 33.7 Å². The molecule has 7 heteroatoms. The molecule has 7 nitrogen and oxygen atoms in total. The van der Waals surface area contributed by atoms with Gasteiger partial charge in [0.15, 0.2) is 5.69 Å². The third kappa shape index (κ3) is 4.33. The Morgan fingerprint density at radius 1 is 1.26 bits per heavy atom. The van der Waals surface area contributed by atoms with Crippen molar-refractivity contribution in [3.63, 3.8) is 0 Å². The van der Waals surface area contributed by atoms with Gasteiger partial charge in [-0.15, -0.1) is 6.58 Å². The maximum atomic E-state index is 13.3. The third-order valence-corrected chi connectivity index (χ3v) is 6.93. The van der Waals surface area contributed by atoms with E-state index in [1.165, 1.54) is 16.3 Å². The molecule has 178 valence electrons. The SMILES string of the molecule is C=CCn1nc(C(=O)N2CCOCC2)c2c1CC[C@@H](NCc1c(OC)ccc3ccccc13)C2. The minimum absolute atomic E-state index is 0.0127. The van der Waals surface area contributed by atoms with Gasteiger partial charge in [-0.05, 0) is 36.1 Å². The number of allylic oxidation sites excluding steroid dienone is 1. The fourth-order valence-electron chi connectivity index (χ4n) is 5.16. The molecule has 2 aromatic carbocycles. The van der Waals surface area contributed by atoms with Gasteiger partial charge in [0, 0.05) is 42.5 Å². The highest BCUT2D eigenvalue weighted by molar-refractivity contribution is 5.94. The first kappa shape index (κ1) is 22.6. The van der Waals surface area contributed by atoms with Crippen LogP contribution >= 0.6 is 0 Å². The number of carbonyl (C=O) groups is 1. The van der Waals surface area contributed by atoms with Gasteiger partial charge in [-0.3, -0.25) is 9.48 Å². The van der Waals surface area contributed by atoms with Crippen molar-refractivity contribution in [2.75, 3.05) is 33.4 Å². The number of morpholine rings is 1. The van der Waals surface area contributed by atoms with Gasteiger partial charge in [0.2, 0.25) is 0 Å². The Hall–Kier alpha value is -3.16. The number of hydrogen-bond donors (Lipinski definition) is 1. The van der Waals surface area contributed by atoms with Crippen LogP contribution in [0.15, 0.2) is 49.1 Å². The molecule has 34 heavy (non-hydrogen) atoms. The Balaban J connectivity index is 1.38. The second-order valence-corrected chi connectivity index (χ2v) is 8.94. The van der Waals surface area contributed by atoms with E-state index < -0.39 is 0 Å². The first-order valence-corrected chi connectivity index (χ1v) is 12.0. The fourth-order valence-corrected chi connectivity index (χ4v) is 5.16. The summed E-state index contributed by atoms with van der Waals surface area (Å²) in [6.07, 6.45) is 4.50. The summed E-state index contributed by atoms with van der Waals surface area (Å²) in [6.45, 7) is 7.59.